The highest BCUT2D eigenvalue weighted by atomic mass is 16.5. The van der Waals surface area contributed by atoms with Crippen molar-refractivity contribution < 1.29 is 23.9 Å². The minimum absolute atomic E-state index is 0.231. The molecule has 0 radical (unpaired) electrons. The number of rotatable bonds is 6. The van der Waals surface area contributed by atoms with Gasteiger partial charge in [0.05, 0.1) is 18.4 Å². The summed E-state index contributed by atoms with van der Waals surface area (Å²) < 4.78 is 10.3. The number of benzene rings is 2. The number of carbonyl (C=O) groups excluding carboxylic acids is 3. The number of ether oxygens (including phenoxy) is 2. The molecule has 3 rings (SSSR count). The SMILES string of the molecule is COc1ccc(NC(C)=O)cc1NC(=O)COC(=O)c1ccc2c(c1)CCC2. The van der Waals surface area contributed by atoms with Crippen molar-refractivity contribution in [2.24, 2.45) is 0 Å². The number of nitrogens with one attached hydrogen (secondary N) is 2. The Morgan fingerprint density at radius 3 is 2.54 bits per heavy atom. The van der Waals surface area contributed by atoms with Crippen LogP contribution in [-0.4, -0.2) is 31.5 Å². The van der Waals surface area contributed by atoms with Crippen molar-refractivity contribution in [2.45, 2.75) is 26.2 Å². The molecule has 0 atom stereocenters. The molecule has 2 aromatic carbocycles. The molecule has 0 bridgehead atoms. The minimum atomic E-state index is -0.538. The molecule has 0 fully saturated rings. The number of esters is 1. The standard InChI is InChI=1S/C21H22N2O5/c1-13(24)22-17-8-9-19(27-2)18(11-17)23-20(25)12-28-21(26)16-7-6-14-4-3-5-15(14)10-16/h6-11H,3-5,12H2,1-2H3,(H,22,24)(H,23,25). The molecule has 7 heteroatoms. The van der Waals surface area contributed by atoms with Crippen molar-refractivity contribution in [1.29, 1.82) is 0 Å². The molecule has 0 heterocycles. The Kier molecular flexibility index (Phi) is 5.93. The van der Waals surface area contributed by atoms with Crippen LogP contribution in [0.15, 0.2) is 36.4 Å². The molecule has 1 aliphatic rings. The van der Waals surface area contributed by atoms with Gasteiger partial charge in [0.2, 0.25) is 5.91 Å². The first-order chi connectivity index (χ1) is 13.5. The average molecular weight is 382 g/mol. The molecule has 1 aliphatic carbocycles. The predicted molar refractivity (Wildman–Crippen MR) is 105 cm³/mol. The Hall–Kier alpha value is -3.35. The highest BCUT2D eigenvalue weighted by Gasteiger charge is 2.16. The van der Waals surface area contributed by atoms with E-state index in [-0.39, 0.29) is 5.91 Å². The summed E-state index contributed by atoms with van der Waals surface area (Å²) in [6.45, 7) is 0.963. The number of amides is 2. The first-order valence-electron chi connectivity index (χ1n) is 9.00. The lowest BCUT2D eigenvalue weighted by atomic mass is 10.1. The number of methoxy groups -OCH3 is 1. The molecule has 28 heavy (non-hydrogen) atoms. The number of fused-ring (bicyclic) bond motifs is 1. The second-order valence-electron chi connectivity index (χ2n) is 6.56. The van der Waals surface area contributed by atoms with Crippen LogP contribution in [0.2, 0.25) is 0 Å². The zero-order valence-electron chi connectivity index (χ0n) is 15.8. The highest BCUT2D eigenvalue weighted by molar-refractivity contribution is 5.97. The van der Waals surface area contributed by atoms with Crippen molar-refractivity contribution in [2.75, 3.05) is 24.4 Å². The lowest BCUT2D eigenvalue weighted by molar-refractivity contribution is -0.119. The van der Waals surface area contributed by atoms with Crippen LogP contribution in [0.3, 0.4) is 0 Å². The highest BCUT2D eigenvalue weighted by Crippen LogP contribution is 2.28. The maximum Gasteiger partial charge on any atom is 0.338 e. The van der Waals surface area contributed by atoms with Gasteiger partial charge in [-0.15, -0.1) is 0 Å². The van der Waals surface area contributed by atoms with Gasteiger partial charge < -0.3 is 20.1 Å². The van der Waals surface area contributed by atoms with Crippen LogP contribution in [0.25, 0.3) is 0 Å². The fourth-order valence-corrected chi connectivity index (χ4v) is 3.19. The van der Waals surface area contributed by atoms with E-state index in [0.29, 0.717) is 22.7 Å². The Balaban J connectivity index is 1.61. The monoisotopic (exact) mass is 382 g/mol. The molecule has 0 saturated carbocycles. The van der Waals surface area contributed by atoms with Crippen LogP contribution in [-0.2, 0) is 27.2 Å². The molecule has 0 spiro atoms. The molecule has 0 aromatic heterocycles. The summed E-state index contributed by atoms with van der Waals surface area (Å²) in [4.78, 5) is 35.6. The van der Waals surface area contributed by atoms with E-state index in [4.69, 9.17) is 9.47 Å². The summed E-state index contributed by atoms with van der Waals surface area (Å²) in [7, 11) is 1.47. The molecule has 0 unspecified atom stereocenters. The van der Waals surface area contributed by atoms with E-state index in [9.17, 15) is 14.4 Å². The van der Waals surface area contributed by atoms with Crippen LogP contribution in [0, 0.1) is 0 Å². The van der Waals surface area contributed by atoms with Gasteiger partial charge in [-0.05, 0) is 60.7 Å². The van der Waals surface area contributed by atoms with Gasteiger partial charge in [0.1, 0.15) is 5.75 Å². The molecular formula is C21H22N2O5. The van der Waals surface area contributed by atoms with Gasteiger partial charge in [0.15, 0.2) is 6.61 Å². The fraction of sp³-hybridized carbons (Fsp3) is 0.286. The number of hydrogen-bond donors (Lipinski definition) is 2. The summed E-state index contributed by atoms with van der Waals surface area (Å²) in [5.41, 5.74) is 3.75. The molecular weight excluding hydrogens is 360 g/mol. The smallest absolute Gasteiger partial charge is 0.338 e. The Morgan fingerprint density at radius 2 is 1.79 bits per heavy atom. The summed E-state index contributed by atoms with van der Waals surface area (Å²) in [6.07, 6.45) is 3.09. The zero-order valence-corrected chi connectivity index (χ0v) is 15.8. The number of anilines is 2. The minimum Gasteiger partial charge on any atom is -0.495 e. The lowest BCUT2D eigenvalue weighted by Gasteiger charge is -2.12. The summed E-state index contributed by atoms with van der Waals surface area (Å²) in [5, 5.41) is 5.26. The second-order valence-corrected chi connectivity index (χ2v) is 6.56. The molecule has 146 valence electrons. The Labute approximate surface area is 163 Å². The summed E-state index contributed by atoms with van der Waals surface area (Å²) >= 11 is 0. The Morgan fingerprint density at radius 1 is 1.00 bits per heavy atom. The third-order valence-corrected chi connectivity index (χ3v) is 4.46. The van der Waals surface area contributed by atoms with Crippen molar-refractivity contribution in [3.63, 3.8) is 0 Å². The second kappa shape index (κ2) is 8.56. The fourth-order valence-electron chi connectivity index (χ4n) is 3.19. The van der Waals surface area contributed by atoms with Crippen molar-refractivity contribution in [3.05, 3.63) is 53.1 Å². The lowest BCUT2D eigenvalue weighted by Crippen LogP contribution is -2.21. The molecule has 0 saturated heterocycles. The van der Waals surface area contributed by atoms with Crippen LogP contribution in [0.1, 0.15) is 34.8 Å². The summed E-state index contributed by atoms with van der Waals surface area (Å²) in [6, 6.07) is 10.4. The normalized spacial score (nSPS) is 12.1. The van der Waals surface area contributed by atoms with E-state index in [0.717, 1.165) is 19.3 Å². The van der Waals surface area contributed by atoms with Gasteiger partial charge in [-0.1, -0.05) is 6.07 Å². The third kappa shape index (κ3) is 4.68. The quantitative estimate of drug-likeness (QED) is 0.749. The van der Waals surface area contributed by atoms with Gasteiger partial charge >= 0.3 is 5.97 Å². The van der Waals surface area contributed by atoms with Crippen molar-refractivity contribution >= 4 is 29.2 Å². The van der Waals surface area contributed by atoms with E-state index >= 15 is 0 Å². The maximum absolute atomic E-state index is 12.2. The van der Waals surface area contributed by atoms with Crippen LogP contribution in [0.5, 0.6) is 5.75 Å². The van der Waals surface area contributed by atoms with Crippen LogP contribution < -0.4 is 15.4 Å². The van der Waals surface area contributed by atoms with Gasteiger partial charge in [-0.25, -0.2) is 4.79 Å². The van der Waals surface area contributed by atoms with E-state index in [1.807, 2.05) is 12.1 Å². The maximum atomic E-state index is 12.2. The number of carbonyl (C=O) groups is 3. The third-order valence-electron chi connectivity index (χ3n) is 4.46. The topological polar surface area (TPSA) is 93.7 Å². The van der Waals surface area contributed by atoms with Crippen molar-refractivity contribution in [3.8, 4) is 5.75 Å². The van der Waals surface area contributed by atoms with Crippen molar-refractivity contribution in [1.82, 2.24) is 0 Å². The van der Waals surface area contributed by atoms with Gasteiger partial charge in [-0.3, -0.25) is 9.59 Å². The molecule has 0 aliphatic heterocycles. The summed E-state index contributed by atoms with van der Waals surface area (Å²) in [5.74, 6) is -0.852. The van der Waals surface area contributed by atoms with Crippen LogP contribution >= 0.6 is 0 Å². The van der Waals surface area contributed by atoms with E-state index in [2.05, 4.69) is 10.6 Å². The molecule has 7 nitrogen and oxygen atoms in total. The largest absolute Gasteiger partial charge is 0.495 e. The first kappa shape index (κ1) is 19.4. The van der Waals surface area contributed by atoms with Gasteiger partial charge in [-0.2, -0.15) is 0 Å². The van der Waals surface area contributed by atoms with Gasteiger partial charge in [0.25, 0.3) is 5.91 Å². The average Bonchev–Trinajstić information content (AvgIpc) is 3.13. The Bertz CT molecular complexity index is 923. The molecule has 2 aromatic rings. The number of hydrogen-bond acceptors (Lipinski definition) is 5. The van der Waals surface area contributed by atoms with E-state index in [1.54, 1.807) is 24.3 Å². The molecule has 2 N–H and O–H groups in total. The van der Waals surface area contributed by atoms with E-state index in [1.165, 1.54) is 25.2 Å². The van der Waals surface area contributed by atoms with E-state index < -0.39 is 18.5 Å². The van der Waals surface area contributed by atoms with Gasteiger partial charge in [0, 0.05) is 12.6 Å². The van der Waals surface area contributed by atoms with Crippen LogP contribution in [0.4, 0.5) is 11.4 Å². The molecule has 2 amide bonds. The predicted octanol–water partition coefficient (Wildman–Crippen LogP) is 2.94. The number of aryl methyl sites for hydroxylation is 2. The first-order valence-corrected chi connectivity index (χ1v) is 9.00. The zero-order chi connectivity index (χ0) is 20.1.